The van der Waals surface area contributed by atoms with Gasteiger partial charge < -0.3 is 20.4 Å². The SMILES string of the molecule is CC(C)C1=Cc2c(c3ccccnc-3c2N2CCN[C@@H](CCc3ccccc3)C2)CS1.O=C(O)CCC(=O)O. The van der Waals surface area contributed by atoms with Gasteiger partial charge in [0.15, 0.2) is 0 Å². The number of aromatic nitrogens is 1. The summed E-state index contributed by atoms with van der Waals surface area (Å²) < 4.78 is 0. The van der Waals surface area contributed by atoms with Gasteiger partial charge in [-0.25, -0.2) is 0 Å². The van der Waals surface area contributed by atoms with Crippen LogP contribution in [0.1, 0.15) is 49.8 Å². The zero-order valence-electron chi connectivity index (χ0n) is 22.6. The van der Waals surface area contributed by atoms with Crippen LogP contribution in [-0.4, -0.2) is 52.8 Å². The van der Waals surface area contributed by atoms with E-state index in [-0.39, 0.29) is 12.8 Å². The largest absolute Gasteiger partial charge is 0.481 e. The Morgan fingerprint density at radius 3 is 2.49 bits per heavy atom. The van der Waals surface area contributed by atoms with Crippen molar-refractivity contribution in [2.75, 3.05) is 24.5 Å². The molecule has 0 aromatic heterocycles. The van der Waals surface area contributed by atoms with E-state index in [2.05, 4.69) is 72.6 Å². The fraction of sp³-hybridized carbons (Fsp3) is 0.387. The molecular weight excluding hydrogens is 510 g/mol. The molecule has 3 N–H and O–H groups in total. The Balaban J connectivity index is 0.000000386. The Morgan fingerprint density at radius 2 is 1.79 bits per heavy atom. The molecule has 0 saturated carbocycles. The van der Waals surface area contributed by atoms with E-state index >= 15 is 0 Å². The van der Waals surface area contributed by atoms with Crippen molar-refractivity contribution in [2.24, 2.45) is 5.92 Å². The molecule has 0 radical (unpaired) electrons. The minimum Gasteiger partial charge on any atom is -0.481 e. The lowest BCUT2D eigenvalue weighted by molar-refractivity contribution is -0.143. The minimum absolute atomic E-state index is 0.296. The molecule has 0 bridgehead atoms. The highest BCUT2D eigenvalue weighted by molar-refractivity contribution is 8.02. The van der Waals surface area contributed by atoms with Crippen LogP contribution in [0.5, 0.6) is 0 Å². The third-order valence-electron chi connectivity index (χ3n) is 7.04. The molecule has 206 valence electrons. The summed E-state index contributed by atoms with van der Waals surface area (Å²) in [6.07, 6.45) is 6.09. The second-order valence-corrected chi connectivity index (χ2v) is 11.3. The highest BCUT2D eigenvalue weighted by Crippen LogP contribution is 2.49. The molecule has 8 heteroatoms. The fourth-order valence-electron chi connectivity index (χ4n) is 5.04. The first kappa shape index (κ1) is 28.6. The number of aliphatic carboxylic acids is 2. The van der Waals surface area contributed by atoms with Crippen LogP contribution in [0.25, 0.3) is 17.3 Å². The second-order valence-electron chi connectivity index (χ2n) is 10.2. The van der Waals surface area contributed by atoms with E-state index < -0.39 is 11.9 Å². The number of carboxylic acid groups (broad SMARTS) is 2. The molecular formula is C31H37N3O4S. The average molecular weight is 548 g/mol. The van der Waals surface area contributed by atoms with Gasteiger partial charge in [-0.1, -0.05) is 56.3 Å². The summed E-state index contributed by atoms with van der Waals surface area (Å²) in [6.45, 7) is 7.70. The number of hydrogen-bond acceptors (Lipinski definition) is 6. The summed E-state index contributed by atoms with van der Waals surface area (Å²) in [5.74, 6) is -0.542. The lowest BCUT2D eigenvalue weighted by Gasteiger charge is -2.36. The first-order chi connectivity index (χ1) is 18.8. The van der Waals surface area contributed by atoms with Gasteiger partial charge in [0.25, 0.3) is 0 Å². The number of hydrogen-bond donors (Lipinski definition) is 3. The van der Waals surface area contributed by atoms with Crippen LogP contribution in [-0.2, 0) is 21.8 Å². The molecule has 5 rings (SSSR count). The average Bonchev–Trinajstić information content (AvgIpc) is 3.05. The monoisotopic (exact) mass is 547 g/mol. The standard InChI is InChI=1S/C27H31N3S.C4H6O4/c1-19(2)25-16-23-24(18-31-25)22-10-6-7-13-29-26(22)27(23)30-15-14-28-21(17-30)12-11-20-8-4-3-5-9-20;5-3(6)1-2-4(7)8/h3-10,13,16,19,21,28H,11-12,14-15,17-18H2,1-2H3;1-2H2,(H,5,6)(H,7,8)/t21-;/m0./s1. The van der Waals surface area contributed by atoms with Crippen molar-refractivity contribution in [1.29, 1.82) is 0 Å². The molecule has 1 atom stereocenters. The zero-order valence-corrected chi connectivity index (χ0v) is 23.4. The molecule has 1 aromatic rings. The van der Waals surface area contributed by atoms with E-state index in [1.165, 1.54) is 38.5 Å². The summed E-state index contributed by atoms with van der Waals surface area (Å²) in [7, 11) is 0. The molecule has 1 fully saturated rings. The van der Waals surface area contributed by atoms with Crippen molar-refractivity contribution < 1.29 is 19.8 Å². The topological polar surface area (TPSA) is 103 Å². The maximum atomic E-state index is 9.64. The summed E-state index contributed by atoms with van der Waals surface area (Å²) >= 11 is 1.99. The molecule has 0 unspecified atom stereocenters. The number of carbonyl (C=O) groups is 2. The Kier molecular flexibility index (Phi) is 10.0. The van der Waals surface area contributed by atoms with Crippen molar-refractivity contribution in [1.82, 2.24) is 10.3 Å². The number of rotatable bonds is 8. The van der Waals surface area contributed by atoms with Gasteiger partial charge in [0, 0.05) is 48.8 Å². The Labute approximate surface area is 234 Å². The summed E-state index contributed by atoms with van der Waals surface area (Å²) in [4.78, 5) is 28.3. The number of nitrogens with one attached hydrogen (secondary N) is 1. The third-order valence-corrected chi connectivity index (χ3v) is 8.39. The van der Waals surface area contributed by atoms with E-state index in [9.17, 15) is 9.59 Å². The molecule has 7 nitrogen and oxygen atoms in total. The first-order valence-electron chi connectivity index (χ1n) is 13.5. The van der Waals surface area contributed by atoms with Gasteiger partial charge in [0.05, 0.1) is 24.2 Å². The van der Waals surface area contributed by atoms with E-state index in [1.807, 2.05) is 24.0 Å². The molecule has 0 amide bonds. The molecule has 3 aliphatic heterocycles. The van der Waals surface area contributed by atoms with Crippen LogP contribution in [0.3, 0.4) is 0 Å². The number of allylic oxidation sites excluding steroid dienone is 1. The molecule has 4 aliphatic rings. The summed E-state index contributed by atoms with van der Waals surface area (Å²) in [5, 5.41) is 19.6. The Morgan fingerprint density at radius 1 is 1.08 bits per heavy atom. The maximum Gasteiger partial charge on any atom is 0.303 e. The summed E-state index contributed by atoms with van der Waals surface area (Å²) in [6, 6.07) is 17.8. The molecule has 1 aromatic carbocycles. The number of carboxylic acids is 2. The number of benzene rings is 1. The van der Waals surface area contributed by atoms with Gasteiger partial charge in [-0.3, -0.25) is 14.6 Å². The molecule has 39 heavy (non-hydrogen) atoms. The second kappa shape index (κ2) is 13.6. The van der Waals surface area contributed by atoms with E-state index in [1.54, 1.807) is 0 Å². The maximum absolute atomic E-state index is 9.64. The van der Waals surface area contributed by atoms with Gasteiger partial charge in [-0.15, -0.1) is 11.8 Å². The summed E-state index contributed by atoms with van der Waals surface area (Å²) in [5.41, 5.74) is 8.14. The predicted octanol–water partition coefficient (Wildman–Crippen LogP) is 5.78. The van der Waals surface area contributed by atoms with Crippen molar-refractivity contribution in [2.45, 2.75) is 51.3 Å². The normalized spacial score (nSPS) is 16.7. The lowest BCUT2D eigenvalue weighted by atomic mass is 10.0. The van der Waals surface area contributed by atoms with Crippen LogP contribution >= 0.6 is 11.8 Å². The number of fused-ring (bicyclic) bond motifs is 3. The van der Waals surface area contributed by atoms with Crippen LogP contribution in [0, 0.1) is 5.92 Å². The third kappa shape index (κ3) is 7.61. The number of aryl methyl sites for hydroxylation is 1. The van der Waals surface area contributed by atoms with Crippen molar-refractivity contribution in [3.05, 3.63) is 76.3 Å². The number of thioether (sulfide) groups is 1. The molecule has 1 saturated heterocycles. The van der Waals surface area contributed by atoms with Crippen LogP contribution < -0.4 is 10.2 Å². The lowest BCUT2D eigenvalue weighted by Crippen LogP contribution is -2.51. The smallest absolute Gasteiger partial charge is 0.303 e. The van der Waals surface area contributed by atoms with Crippen LogP contribution in [0.2, 0.25) is 0 Å². The number of piperazine rings is 1. The van der Waals surface area contributed by atoms with Crippen molar-refractivity contribution in [3.63, 3.8) is 0 Å². The molecule has 1 aliphatic carbocycles. The first-order valence-corrected chi connectivity index (χ1v) is 14.5. The Bertz CT molecular complexity index is 1260. The van der Waals surface area contributed by atoms with Gasteiger partial charge >= 0.3 is 11.9 Å². The van der Waals surface area contributed by atoms with Crippen LogP contribution in [0.4, 0.5) is 5.69 Å². The number of anilines is 1. The number of nitrogens with zero attached hydrogens (tertiary/aromatic N) is 2. The van der Waals surface area contributed by atoms with E-state index in [0.29, 0.717) is 12.0 Å². The highest BCUT2D eigenvalue weighted by Gasteiger charge is 2.31. The zero-order chi connectivity index (χ0) is 27.8. The van der Waals surface area contributed by atoms with Crippen molar-refractivity contribution >= 4 is 35.5 Å². The fourth-order valence-corrected chi connectivity index (χ4v) is 6.20. The van der Waals surface area contributed by atoms with Gasteiger partial charge in [-0.2, -0.15) is 0 Å². The Hall–Kier alpha value is -3.36. The van der Waals surface area contributed by atoms with Gasteiger partial charge in [0.2, 0.25) is 0 Å². The molecule has 3 heterocycles. The molecule has 0 spiro atoms. The van der Waals surface area contributed by atoms with Gasteiger partial charge in [0.1, 0.15) is 0 Å². The highest BCUT2D eigenvalue weighted by atomic mass is 32.2. The van der Waals surface area contributed by atoms with Crippen LogP contribution in [0.15, 0.2) is 59.6 Å². The van der Waals surface area contributed by atoms with Gasteiger partial charge in [-0.05, 0) is 46.9 Å². The predicted molar refractivity (Wildman–Crippen MR) is 158 cm³/mol. The van der Waals surface area contributed by atoms with E-state index in [0.717, 1.165) is 38.2 Å². The quantitative estimate of drug-likeness (QED) is 0.326. The minimum atomic E-state index is -1.08. The van der Waals surface area contributed by atoms with Crippen molar-refractivity contribution in [3.8, 4) is 11.3 Å². The van der Waals surface area contributed by atoms with E-state index in [4.69, 9.17) is 15.2 Å².